The lowest BCUT2D eigenvalue weighted by molar-refractivity contribution is -0.125. The van der Waals surface area contributed by atoms with Crippen molar-refractivity contribution in [2.24, 2.45) is 0 Å². The normalized spacial score (nSPS) is 22.6. The lowest BCUT2D eigenvalue weighted by atomic mass is 10.2. The molecule has 1 amide bonds. The molecule has 1 saturated heterocycles. The molecule has 1 rings (SSSR count). The van der Waals surface area contributed by atoms with Crippen LogP contribution in [0, 0.1) is 0 Å². The summed E-state index contributed by atoms with van der Waals surface area (Å²) in [5.74, 6) is 0.153. The minimum Gasteiger partial charge on any atom is -0.385 e. The number of hydrogen-bond acceptors (Lipinski definition) is 3. The molecular formula is C10H20N2O2. The Morgan fingerprint density at radius 1 is 1.64 bits per heavy atom. The summed E-state index contributed by atoms with van der Waals surface area (Å²) in [5, 5.41) is 2.72. The molecule has 1 fully saturated rings. The van der Waals surface area contributed by atoms with E-state index in [1.165, 1.54) is 0 Å². The van der Waals surface area contributed by atoms with E-state index in [0.717, 1.165) is 39.0 Å². The van der Waals surface area contributed by atoms with Crippen molar-refractivity contribution in [2.75, 3.05) is 33.9 Å². The van der Waals surface area contributed by atoms with Crippen molar-refractivity contribution in [3.63, 3.8) is 0 Å². The first-order chi connectivity index (χ1) is 6.79. The molecule has 0 radical (unpaired) electrons. The summed E-state index contributed by atoms with van der Waals surface area (Å²) in [7, 11) is 3.41. The molecule has 0 bridgehead atoms. The van der Waals surface area contributed by atoms with Crippen molar-refractivity contribution < 1.29 is 9.53 Å². The van der Waals surface area contributed by atoms with Crippen molar-refractivity contribution in [1.82, 2.24) is 10.2 Å². The highest BCUT2D eigenvalue weighted by molar-refractivity contribution is 5.81. The molecule has 1 unspecified atom stereocenters. The van der Waals surface area contributed by atoms with Gasteiger partial charge in [-0.2, -0.15) is 0 Å². The number of carbonyl (C=O) groups is 1. The number of amides is 1. The maximum absolute atomic E-state index is 11.5. The van der Waals surface area contributed by atoms with Gasteiger partial charge in [-0.15, -0.1) is 0 Å². The molecule has 0 spiro atoms. The van der Waals surface area contributed by atoms with E-state index in [2.05, 4.69) is 10.2 Å². The lowest BCUT2D eigenvalue weighted by Crippen LogP contribution is -2.42. The number of ether oxygens (including phenoxy) is 1. The Kier molecular flexibility index (Phi) is 4.90. The number of nitrogens with one attached hydrogen (secondary N) is 1. The van der Waals surface area contributed by atoms with E-state index in [9.17, 15) is 4.79 Å². The van der Waals surface area contributed by atoms with E-state index in [0.29, 0.717) is 0 Å². The third-order valence-corrected chi connectivity index (χ3v) is 2.71. The molecule has 0 aliphatic carbocycles. The Balaban J connectivity index is 2.31. The minimum absolute atomic E-state index is 0.0943. The second kappa shape index (κ2) is 5.98. The molecule has 1 aliphatic heterocycles. The van der Waals surface area contributed by atoms with Gasteiger partial charge in [0, 0.05) is 27.3 Å². The van der Waals surface area contributed by atoms with Gasteiger partial charge in [-0.05, 0) is 25.8 Å². The van der Waals surface area contributed by atoms with Gasteiger partial charge in [0.15, 0.2) is 0 Å². The maximum atomic E-state index is 11.5. The molecule has 0 saturated carbocycles. The topological polar surface area (TPSA) is 41.6 Å². The number of hydrogen-bond donors (Lipinski definition) is 1. The van der Waals surface area contributed by atoms with Gasteiger partial charge in [-0.3, -0.25) is 9.69 Å². The second-order valence-electron chi connectivity index (χ2n) is 3.65. The average molecular weight is 200 g/mol. The highest BCUT2D eigenvalue weighted by Crippen LogP contribution is 2.17. The van der Waals surface area contributed by atoms with Crippen LogP contribution < -0.4 is 5.32 Å². The summed E-state index contributed by atoms with van der Waals surface area (Å²) < 4.78 is 5.00. The third kappa shape index (κ3) is 2.96. The number of nitrogens with zero attached hydrogens (tertiary/aromatic N) is 1. The van der Waals surface area contributed by atoms with Crippen LogP contribution in [0.15, 0.2) is 0 Å². The number of methoxy groups -OCH3 is 1. The van der Waals surface area contributed by atoms with E-state index in [1.807, 2.05) is 0 Å². The SMILES string of the molecule is CNC(=O)C1CCCN1CCCOC. The largest absolute Gasteiger partial charge is 0.385 e. The standard InChI is InChI=1S/C10H20N2O2/c1-11-10(13)9-5-3-6-12(9)7-4-8-14-2/h9H,3-8H2,1-2H3,(H,11,13). The lowest BCUT2D eigenvalue weighted by Gasteiger charge is -2.22. The summed E-state index contributed by atoms with van der Waals surface area (Å²) in [4.78, 5) is 13.7. The summed E-state index contributed by atoms with van der Waals surface area (Å²) in [6.07, 6.45) is 3.13. The van der Waals surface area contributed by atoms with Gasteiger partial charge < -0.3 is 10.1 Å². The third-order valence-electron chi connectivity index (χ3n) is 2.71. The first-order valence-electron chi connectivity index (χ1n) is 5.24. The number of rotatable bonds is 5. The van der Waals surface area contributed by atoms with Crippen LogP contribution in [0.1, 0.15) is 19.3 Å². The Bertz CT molecular complexity index is 185. The van der Waals surface area contributed by atoms with Crippen LogP contribution in [0.25, 0.3) is 0 Å². The second-order valence-corrected chi connectivity index (χ2v) is 3.65. The van der Waals surface area contributed by atoms with Crippen LogP contribution in [0.4, 0.5) is 0 Å². The Labute approximate surface area is 85.6 Å². The molecule has 4 heteroatoms. The van der Waals surface area contributed by atoms with E-state index >= 15 is 0 Å². The van der Waals surface area contributed by atoms with Crippen molar-refractivity contribution >= 4 is 5.91 Å². The molecule has 1 aliphatic rings. The molecule has 82 valence electrons. The van der Waals surface area contributed by atoms with Crippen LogP contribution in [-0.4, -0.2) is 50.7 Å². The predicted octanol–water partition coefficient (Wildman–Crippen LogP) is 0.233. The van der Waals surface area contributed by atoms with Crippen LogP contribution in [0.3, 0.4) is 0 Å². The van der Waals surface area contributed by atoms with Crippen LogP contribution >= 0.6 is 0 Å². The monoisotopic (exact) mass is 200 g/mol. The van der Waals surface area contributed by atoms with E-state index < -0.39 is 0 Å². The van der Waals surface area contributed by atoms with Crippen molar-refractivity contribution in [1.29, 1.82) is 0 Å². The smallest absolute Gasteiger partial charge is 0.237 e. The van der Waals surface area contributed by atoms with Crippen molar-refractivity contribution in [3.8, 4) is 0 Å². The molecule has 1 atom stereocenters. The molecule has 0 aromatic rings. The zero-order valence-corrected chi connectivity index (χ0v) is 9.08. The van der Waals surface area contributed by atoms with E-state index in [4.69, 9.17) is 4.74 Å². The van der Waals surface area contributed by atoms with E-state index in [-0.39, 0.29) is 11.9 Å². The quantitative estimate of drug-likeness (QED) is 0.646. The Morgan fingerprint density at radius 3 is 3.07 bits per heavy atom. The first-order valence-corrected chi connectivity index (χ1v) is 5.24. The summed E-state index contributed by atoms with van der Waals surface area (Å²) >= 11 is 0. The summed E-state index contributed by atoms with van der Waals surface area (Å²) in [6, 6.07) is 0.0943. The molecule has 4 nitrogen and oxygen atoms in total. The molecule has 0 aromatic heterocycles. The van der Waals surface area contributed by atoms with Gasteiger partial charge in [0.2, 0.25) is 5.91 Å². The van der Waals surface area contributed by atoms with Crippen molar-refractivity contribution in [3.05, 3.63) is 0 Å². The Morgan fingerprint density at radius 2 is 2.43 bits per heavy atom. The van der Waals surface area contributed by atoms with Gasteiger partial charge >= 0.3 is 0 Å². The average Bonchev–Trinajstić information content (AvgIpc) is 2.65. The predicted molar refractivity (Wildman–Crippen MR) is 55.2 cm³/mol. The zero-order valence-electron chi connectivity index (χ0n) is 9.08. The molecule has 1 N–H and O–H groups in total. The molecule has 1 heterocycles. The minimum atomic E-state index is 0.0943. The van der Waals surface area contributed by atoms with Crippen LogP contribution in [0.5, 0.6) is 0 Å². The van der Waals surface area contributed by atoms with Crippen molar-refractivity contribution in [2.45, 2.75) is 25.3 Å². The van der Waals surface area contributed by atoms with Gasteiger partial charge in [0.1, 0.15) is 0 Å². The van der Waals surface area contributed by atoms with Gasteiger partial charge in [0.05, 0.1) is 6.04 Å². The number of carbonyl (C=O) groups excluding carboxylic acids is 1. The zero-order chi connectivity index (χ0) is 10.4. The number of likely N-dealkylation sites (tertiary alicyclic amines) is 1. The fourth-order valence-electron chi connectivity index (χ4n) is 1.97. The van der Waals surface area contributed by atoms with Gasteiger partial charge in [-0.1, -0.05) is 0 Å². The highest BCUT2D eigenvalue weighted by Gasteiger charge is 2.29. The van der Waals surface area contributed by atoms with E-state index in [1.54, 1.807) is 14.2 Å². The van der Waals surface area contributed by atoms with Crippen LogP contribution in [-0.2, 0) is 9.53 Å². The molecular weight excluding hydrogens is 180 g/mol. The molecule has 14 heavy (non-hydrogen) atoms. The van der Waals surface area contributed by atoms with Gasteiger partial charge in [0.25, 0.3) is 0 Å². The Hall–Kier alpha value is -0.610. The van der Waals surface area contributed by atoms with Gasteiger partial charge in [-0.25, -0.2) is 0 Å². The first kappa shape index (κ1) is 11.5. The highest BCUT2D eigenvalue weighted by atomic mass is 16.5. The van der Waals surface area contributed by atoms with Crippen LogP contribution in [0.2, 0.25) is 0 Å². The molecule has 0 aromatic carbocycles. The summed E-state index contributed by atoms with van der Waals surface area (Å²) in [6.45, 7) is 2.78. The fraction of sp³-hybridized carbons (Fsp3) is 0.900. The maximum Gasteiger partial charge on any atom is 0.237 e. The number of likely N-dealkylation sites (N-methyl/N-ethyl adjacent to an activating group) is 1. The fourth-order valence-corrected chi connectivity index (χ4v) is 1.97. The summed E-state index contributed by atoms with van der Waals surface area (Å²) in [5.41, 5.74) is 0.